The van der Waals surface area contributed by atoms with Crippen molar-refractivity contribution in [2.75, 3.05) is 20.2 Å². The van der Waals surface area contributed by atoms with E-state index in [9.17, 15) is 4.79 Å². The molecule has 2 aromatic rings. The minimum absolute atomic E-state index is 0.0792. The summed E-state index contributed by atoms with van der Waals surface area (Å²) in [5, 5.41) is 2.80. The van der Waals surface area contributed by atoms with Gasteiger partial charge in [-0.05, 0) is 29.8 Å². The fraction of sp³-hybridized carbons (Fsp3) is 0.235. The van der Waals surface area contributed by atoms with E-state index in [1.165, 1.54) is 0 Å². The highest BCUT2D eigenvalue weighted by atomic mass is 16.7. The molecule has 0 unspecified atom stereocenters. The van der Waals surface area contributed by atoms with Crippen molar-refractivity contribution in [3.05, 3.63) is 42.0 Å². The van der Waals surface area contributed by atoms with E-state index in [-0.39, 0.29) is 26.1 Å². The normalized spacial score (nSPS) is 13.7. The standard InChI is InChI=1S/C17H15NO6/c19-17(8-20-12-2-4-14-16(6-12)24-10-22-14)18-7-11-1-3-13-15(5-11)23-9-21-13/h1-6H,7-10H2,(H,18,19). The first kappa shape index (κ1) is 14.5. The molecule has 7 nitrogen and oxygen atoms in total. The molecular weight excluding hydrogens is 314 g/mol. The molecule has 0 aliphatic carbocycles. The van der Waals surface area contributed by atoms with Crippen LogP contribution in [0.25, 0.3) is 0 Å². The topological polar surface area (TPSA) is 75.3 Å². The molecule has 0 fully saturated rings. The maximum Gasteiger partial charge on any atom is 0.258 e. The van der Waals surface area contributed by atoms with Gasteiger partial charge in [-0.15, -0.1) is 0 Å². The number of fused-ring (bicyclic) bond motifs is 2. The molecule has 2 aliphatic heterocycles. The Kier molecular flexibility index (Phi) is 3.74. The van der Waals surface area contributed by atoms with Gasteiger partial charge in [-0.1, -0.05) is 6.07 Å². The van der Waals surface area contributed by atoms with Crippen LogP contribution in [0.1, 0.15) is 5.56 Å². The second-order valence-corrected chi connectivity index (χ2v) is 5.27. The van der Waals surface area contributed by atoms with Crippen LogP contribution in [-0.4, -0.2) is 26.1 Å². The van der Waals surface area contributed by atoms with Gasteiger partial charge in [0.05, 0.1) is 0 Å². The third-order valence-electron chi connectivity index (χ3n) is 3.64. The summed E-state index contributed by atoms with van der Waals surface area (Å²) in [6.07, 6.45) is 0. The molecule has 1 N–H and O–H groups in total. The van der Waals surface area contributed by atoms with Crippen LogP contribution in [0, 0.1) is 0 Å². The number of rotatable bonds is 5. The fourth-order valence-corrected chi connectivity index (χ4v) is 2.42. The summed E-state index contributed by atoms with van der Waals surface area (Å²) in [6, 6.07) is 10.7. The van der Waals surface area contributed by atoms with Gasteiger partial charge in [0.25, 0.3) is 5.91 Å². The zero-order valence-corrected chi connectivity index (χ0v) is 12.7. The second-order valence-electron chi connectivity index (χ2n) is 5.27. The van der Waals surface area contributed by atoms with Gasteiger partial charge in [0.1, 0.15) is 5.75 Å². The Balaban J connectivity index is 1.28. The molecule has 2 aromatic carbocycles. The molecular formula is C17H15NO6. The number of benzene rings is 2. The first-order valence-electron chi connectivity index (χ1n) is 7.45. The van der Waals surface area contributed by atoms with Crippen LogP contribution in [0.4, 0.5) is 0 Å². The van der Waals surface area contributed by atoms with E-state index in [2.05, 4.69) is 5.32 Å². The van der Waals surface area contributed by atoms with Crippen LogP contribution in [0.15, 0.2) is 36.4 Å². The molecule has 1 amide bonds. The third-order valence-corrected chi connectivity index (χ3v) is 3.64. The SMILES string of the molecule is O=C(COc1ccc2c(c1)OCO2)NCc1ccc2c(c1)OCO2. The molecule has 0 radical (unpaired) electrons. The lowest BCUT2D eigenvalue weighted by Gasteiger charge is -2.08. The smallest absolute Gasteiger partial charge is 0.258 e. The van der Waals surface area contributed by atoms with Crippen LogP contribution < -0.4 is 29.0 Å². The lowest BCUT2D eigenvalue weighted by molar-refractivity contribution is -0.123. The van der Waals surface area contributed by atoms with E-state index in [1.54, 1.807) is 18.2 Å². The van der Waals surface area contributed by atoms with Crippen molar-refractivity contribution in [1.29, 1.82) is 0 Å². The summed E-state index contributed by atoms with van der Waals surface area (Å²) in [4.78, 5) is 11.9. The van der Waals surface area contributed by atoms with Crippen molar-refractivity contribution in [3.8, 4) is 28.7 Å². The molecule has 24 heavy (non-hydrogen) atoms. The van der Waals surface area contributed by atoms with Gasteiger partial charge in [0, 0.05) is 12.6 Å². The number of carbonyl (C=O) groups excluding carboxylic acids is 1. The largest absolute Gasteiger partial charge is 0.484 e. The molecule has 0 spiro atoms. The van der Waals surface area contributed by atoms with Crippen molar-refractivity contribution < 1.29 is 28.5 Å². The van der Waals surface area contributed by atoms with E-state index in [1.807, 2.05) is 18.2 Å². The van der Waals surface area contributed by atoms with Crippen molar-refractivity contribution in [2.45, 2.75) is 6.54 Å². The minimum atomic E-state index is -0.217. The van der Waals surface area contributed by atoms with Crippen LogP contribution in [0.3, 0.4) is 0 Å². The Labute approximate surface area is 138 Å². The van der Waals surface area contributed by atoms with E-state index >= 15 is 0 Å². The lowest BCUT2D eigenvalue weighted by atomic mass is 10.2. The average Bonchev–Trinajstić information content (AvgIpc) is 3.25. The van der Waals surface area contributed by atoms with Crippen molar-refractivity contribution in [1.82, 2.24) is 5.32 Å². The minimum Gasteiger partial charge on any atom is -0.484 e. The molecule has 7 heteroatoms. The molecule has 0 bridgehead atoms. The van der Waals surface area contributed by atoms with Gasteiger partial charge in [-0.3, -0.25) is 4.79 Å². The summed E-state index contributed by atoms with van der Waals surface area (Å²) < 4.78 is 26.5. The second kappa shape index (κ2) is 6.19. The van der Waals surface area contributed by atoms with E-state index in [0.29, 0.717) is 29.5 Å². The van der Waals surface area contributed by atoms with Gasteiger partial charge < -0.3 is 29.0 Å². The number of ether oxygens (including phenoxy) is 5. The maximum atomic E-state index is 11.9. The van der Waals surface area contributed by atoms with Gasteiger partial charge in [-0.25, -0.2) is 0 Å². The predicted molar refractivity (Wildman–Crippen MR) is 82.5 cm³/mol. The van der Waals surface area contributed by atoms with Crippen molar-refractivity contribution in [3.63, 3.8) is 0 Å². The third kappa shape index (κ3) is 3.01. The summed E-state index contributed by atoms with van der Waals surface area (Å²) in [7, 11) is 0. The Morgan fingerprint density at radius 2 is 1.58 bits per heavy atom. The van der Waals surface area contributed by atoms with Crippen molar-refractivity contribution >= 4 is 5.91 Å². The first-order valence-corrected chi connectivity index (χ1v) is 7.45. The van der Waals surface area contributed by atoms with Crippen LogP contribution in [0.2, 0.25) is 0 Å². The number of nitrogens with one attached hydrogen (secondary N) is 1. The van der Waals surface area contributed by atoms with Crippen LogP contribution in [0.5, 0.6) is 28.7 Å². The summed E-state index contributed by atoms with van der Waals surface area (Å²) in [6.45, 7) is 0.744. The van der Waals surface area contributed by atoms with Gasteiger partial charge in [-0.2, -0.15) is 0 Å². The highest BCUT2D eigenvalue weighted by Gasteiger charge is 2.15. The van der Waals surface area contributed by atoms with Crippen LogP contribution >= 0.6 is 0 Å². The number of carbonyl (C=O) groups is 1. The average molecular weight is 329 g/mol. The summed E-state index contributed by atoms with van der Waals surface area (Å²) >= 11 is 0. The highest BCUT2D eigenvalue weighted by molar-refractivity contribution is 5.77. The molecule has 124 valence electrons. The molecule has 2 heterocycles. The number of amides is 1. The lowest BCUT2D eigenvalue weighted by Crippen LogP contribution is -2.28. The predicted octanol–water partition coefficient (Wildman–Crippen LogP) is 1.84. The Bertz CT molecular complexity index is 712. The number of hydrogen-bond acceptors (Lipinski definition) is 6. The maximum absolute atomic E-state index is 11.9. The van der Waals surface area contributed by atoms with Crippen molar-refractivity contribution in [2.24, 2.45) is 0 Å². The fourth-order valence-electron chi connectivity index (χ4n) is 2.42. The molecule has 0 saturated heterocycles. The van der Waals surface area contributed by atoms with E-state index < -0.39 is 0 Å². The highest BCUT2D eigenvalue weighted by Crippen LogP contribution is 2.35. The van der Waals surface area contributed by atoms with Gasteiger partial charge in [0.2, 0.25) is 13.6 Å². The molecule has 0 atom stereocenters. The van der Waals surface area contributed by atoms with E-state index in [4.69, 9.17) is 23.7 Å². The van der Waals surface area contributed by atoms with Crippen LogP contribution in [-0.2, 0) is 11.3 Å². The summed E-state index contributed by atoms with van der Waals surface area (Å²) in [5.74, 6) is 3.04. The Morgan fingerprint density at radius 1 is 0.917 bits per heavy atom. The zero-order chi connectivity index (χ0) is 16.4. The molecule has 2 aliphatic rings. The zero-order valence-electron chi connectivity index (χ0n) is 12.7. The quantitative estimate of drug-likeness (QED) is 0.902. The number of hydrogen-bond donors (Lipinski definition) is 1. The van der Waals surface area contributed by atoms with E-state index in [0.717, 1.165) is 11.3 Å². The summed E-state index contributed by atoms with van der Waals surface area (Å²) in [5.41, 5.74) is 0.927. The van der Waals surface area contributed by atoms with Gasteiger partial charge in [0.15, 0.2) is 29.6 Å². The monoisotopic (exact) mass is 329 g/mol. The Morgan fingerprint density at radius 3 is 2.38 bits per heavy atom. The molecule has 0 saturated carbocycles. The first-order chi connectivity index (χ1) is 11.8. The molecule has 4 rings (SSSR count). The Hall–Kier alpha value is -3.09. The van der Waals surface area contributed by atoms with Gasteiger partial charge >= 0.3 is 0 Å². The molecule has 0 aromatic heterocycles.